The maximum atomic E-state index is 13.0. The standard InChI is InChI=1S/C16H23FN2O2/c1-3-19(11(2)12-4-6-13(17)7-5-12)16(20)15-9-8-14(10-18)21-15/h4-7,11,14-15H,3,8-10,18H2,1-2H3/t11?,14-,15+/m1/s1. The number of nitrogens with two attached hydrogens (primary N) is 1. The van der Waals surface area contributed by atoms with Gasteiger partial charge >= 0.3 is 0 Å². The van der Waals surface area contributed by atoms with E-state index in [-0.39, 0.29) is 23.9 Å². The van der Waals surface area contributed by atoms with Crippen LogP contribution in [0.1, 0.15) is 38.3 Å². The Balaban J connectivity index is 2.08. The first-order valence-electron chi connectivity index (χ1n) is 7.48. The van der Waals surface area contributed by atoms with E-state index in [1.54, 1.807) is 17.0 Å². The Labute approximate surface area is 125 Å². The summed E-state index contributed by atoms with van der Waals surface area (Å²) in [6, 6.07) is 6.16. The van der Waals surface area contributed by atoms with Crippen molar-refractivity contribution in [1.29, 1.82) is 0 Å². The molecule has 1 fully saturated rings. The van der Waals surface area contributed by atoms with Crippen molar-refractivity contribution in [3.05, 3.63) is 35.6 Å². The Morgan fingerprint density at radius 2 is 2.10 bits per heavy atom. The Hall–Kier alpha value is -1.46. The number of halogens is 1. The van der Waals surface area contributed by atoms with Crippen LogP contribution in [-0.4, -0.2) is 36.1 Å². The predicted octanol–water partition coefficient (Wildman–Crippen LogP) is 2.24. The third-order valence-electron chi connectivity index (χ3n) is 4.09. The second-order valence-corrected chi connectivity index (χ2v) is 5.41. The Kier molecular flexibility index (Phi) is 5.31. The predicted molar refractivity (Wildman–Crippen MR) is 79.2 cm³/mol. The van der Waals surface area contributed by atoms with Crippen LogP contribution in [0.2, 0.25) is 0 Å². The van der Waals surface area contributed by atoms with Gasteiger partial charge in [-0.05, 0) is 44.4 Å². The molecule has 21 heavy (non-hydrogen) atoms. The van der Waals surface area contributed by atoms with Crippen molar-refractivity contribution in [2.75, 3.05) is 13.1 Å². The molecule has 2 N–H and O–H groups in total. The van der Waals surface area contributed by atoms with Gasteiger partial charge in [-0.1, -0.05) is 12.1 Å². The number of carbonyl (C=O) groups excluding carboxylic acids is 1. The highest BCUT2D eigenvalue weighted by atomic mass is 19.1. The molecule has 1 aromatic carbocycles. The van der Waals surface area contributed by atoms with E-state index in [4.69, 9.17) is 10.5 Å². The summed E-state index contributed by atoms with van der Waals surface area (Å²) in [6.07, 6.45) is 1.13. The van der Waals surface area contributed by atoms with E-state index in [9.17, 15) is 9.18 Å². The van der Waals surface area contributed by atoms with Crippen molar-refractivity contribution in [3.63, 3.8) is 0 Å². The van der Waals surface area contributed by atoms with E-state index in [1.165, 1.54) is 12.1 Å². The zero-order valence-electron chi connectivity index (χ0n) is 12.6. The number of hydrogen-bond acceptors (Lipinski definition) is 3. The van der Waals surface area contributed by atoms with Crippen LogP contribution in [0.4, 0.5) is 4.39 Å². The first-order chi connectivity index (χ1) is 10.1. The van der Waals surface area contributed by atoms with Crippen LogP contribution < -0.4 is 5.73 Å². The van der Waals surface area contributed by atoms with Crippen LogP contribution in [0, 0.1) is 5.82 Å². The molecule has 4 nitrogen and oxygen atoms in total. The van der Waals surface area contributed by atoms with Crippen LogP contribution >= 0.6 is 0 Å². The van der Waals surface area contributed by atoms with Crippen molar-refractivity contribution in [2.45, 2.75) is 44.9 Å². The molecule has 5 heteroatoms. The summed E-state index contributed by atoms with van der Waals surface area (Å²) in [5.41, 5.74) is 6.50. The number of nitrogens with zero attached hydrogens (tertiary/aromatic N) is 1. The third-order valence-corrected chi connectivity index (χ3v) is 4.09. The van der Waals surface area contributed by atoms with Gasteiger partial charge in [0.05, 0.1) is 12.1 Å². The van der Waals surface area contributed by atoms with E-state index < -0.39 is 6.10 Å². The van der Waals surface area contributed by atoms with E-state index in [2.05, 4.69) is 0 Å². The van der Waals surface area contributed by atoms with Crippen molar-refractivity contribution in [3.8, 4) is 0 Å². The van der Waals surface area contributed by atoms with Gasteiger partial charge in [-0.2, -0.15) is 0 Å². The molecule has 1 saturated heterocycles. The van der Waals surface area contributed by atoms with Gasteiger partial charge in [0.25, 0.3) is 5.91 Å². The van der Waals surface area contributed by atoms with Gasteiger partial charge in [-0.15, -0.1) is 0 Å². The highest BCUT2D eigenvalue weighted by Crippen LogP contribution is 2.26. The molecule has 1 aromatic rings. The zero-order valence-corrected chi connectivity index (χ0v) is 12.6. The molecule has 116 valence electrons. The van der Waals surface area contributed by atoms with Crippen molar-refractivity contribution >= 4 is 5.91 Å². The van der Waals surface area contributed by atoms with Gasteiger partial charge in [0.15, 0.2) is 0 Å². The molecule has 0 aromatic heterocycles. The highest BCUT2D eigenvalue weighted by molar-refractivity contribution is 5.81. The maximum absolute atomic E-state index is 13.0. The lowest BCUT2D eigenvalue weighted by Crippen LogP contribution is -2.41. The molecule has 0 bridgehead atoms. The van der Waals surface area contributed by atoms with E-state index in [0.717, 1.165) is 12.0 Å². The minimum Gasteiger partial charge on any atom is -0.364 e. The number of benzene rings is 1. The molecule has 1 aliphatic rings. The van der Waals surface area contributed by atoms with E-state index >= 15 is 0 Å². The smallest absolute Gasteiger partial charge is 0.252 e. The molecule has 1 unspecified atom stereocenters. The molecular formula is C16H23FN2O2. The normalized spacial score (nSPS) is 23.0. The molecule has 0 radical (unpaired) electrons. The molecule has 1 amide bonds. The molecular weight excluding hydrogens is 271 g/mol. The fraction of sp³-hybridized carbons (Fsp3) is 0.562. The Morgan fingerprint density at radius 1 is 1.43 bits per heavy atom. The summed E-state index contributed by atoms with van der Waals surface area (Å²) < 4.78 is 18.7. The van der Waals surface area contributed by atoms with Crippen LogP contribution in [0.5, 0.6) is 0 Å². The minimum absolute atomic E-state index is 0.00900. The van der Waals surface area contributed by atoms with Crippen LogP contribution in [0.3, 0.4) is 0 Å². The fourth-order valence-electron chi connectivity index (χ4n) is 2.79. The summed E-state index contributed by atoms with van der Waals surface area (Å²) in [5.74, 6) is -0.282. The van der Waals surface area contributed by atoms with E-state index in [1.807, 2.05) is 13.8 Å². The first-order valence-corrected chi connectivity index (χ1v) is 7.48. The number of ether oxygens (including phenoxy) is 1. The average molecular weight is 294 g/mol. The number of amides is 1. The largest absolute Gasteiger partial charge is 0.364 e. The fourth-order valence-corrected chi connectivity index (χ4v) is 2.79. The lowest BCUT2D eigenvalue weighted by molar-refractivity contribution is -0.144. The maximum Gasteiger partial charge on any atom is 0.252 e. The number of carbonyl (C=O) groups is 1. The van der Waals surface area contributed by atoms with Crippen LogP contribution in [-0.2, 0) is 9.53 Å². The second kappa shape index (κ2) is 7.00. The van der Waals surface area contributed by atoms with Gasteiger partial charge in [-0.25, -0.2) is 4.39 Å². The first kappa shape index (κ1) is 15.9. The highest BCUT2D eigenvalue weighted by Gasteiger charge is 2.34. The molecule has 3 atom stereocenters. The van der Waals surface area contributed by atoms with Gasteiger partial charge in [0.1, 0.15) is 11.9 Å². The van der Waals surface area contributed by atoms with E-state index in [0.29, 0.717) is 19.5 Å². The van der Waals surface area contributed by atoms with Crippen LogP contribution in [0.25, 0.3) is 0 Å². The lowest BCUT2D eigenvalue weighted by Gasteiger charge is -2.30. The SMILES string of the molecule is CCN(C(=O)[C@@H]1CC[C@H](CN)O1)C(C)c1ccc(F)cc1. The molecule has 1 aliphatic heterocycles. The van der Waals surface area contributed by atoms with Crippen molar-refractivity contribution in [2.24, 2.45) is 5.73 Å². The topological polar surface area (TPSA) is 55.6 Å². The minimum atomic E-state index is -0.401. The van der Waals surface area contributed by atoms with Gasteiger partial charge in [-0.3, -0.25) is 4.79 Å². The Morgan fingerprint density at radius 3 is 2.62 bits per heavy atom. The van der Waals surface area contributed by atoms with Gasteiger partial charge in [0, 0.05) is 13.1 Å². The summed E-state index contributed by atoms with van der Waals surface area (Å²) in [4.78, 5) is 14.4. The lowest BCUT2D eigenvalue weighted by atomic mass is 10.1. The quantitative estimate of drug-likeness (QED) is 0.906. The molecule has 0 saturated carbocycles. The monoisotopic (exact) mass is 294 g/mol. The average Bonchev–Trinajstić information content (AvgIpc) is 2.97. The van der Waals surface area contributed by atoms with Crippen molar-refractivity contribution < 1.29 is 13.9 Å². The third kappa shape index (κ3) is 3.60. The molecule has 1 heterocycles. The van der Waals surface area contributed by atoms with Gasteiger partial charge < -0.3 is 15.4 Å². The zero-order chi connectivity index (χ0) is 15.4. The molecule has 0 spiro atoms. The number of hydrogen-bond donors (Lipinski definition) is 1. The second-order valence-electron chi connectivity index (χ2n) is 5.41. The number of likely N-dealkylation sites (N-methyl/N-ethyl adjacent to an activating group) is 1. The molecule has 2 rings (SSSR count). The summed E-state index contributed by atoms with van der Waals surface area (Å²) in [7, 11) is 0. The van der Waals surface area contributed by atoms with Crippen LogP contribution in [0.15, 0.2) is 24.3 Å². The summed E-state index contributed by atoms with van der Waals surface area (Å²) >= 11 is 0. The summed E-state index contributed by atoms with van der Waals surface area (Å²) in [5, 5.41) is 0. The van der Waals surface area contributed by atoms with Crippen molar-refractivity contribution in [1.82, 2.24) is 4.90 Å². The number of rotatable bonds is 5. The molecule has 0 aliphatic carbocycles. The van der Waals surface area contributed by atoms with Gasteiger partial charge in [0.2, 0.25) is 0 Å². The Bertz CT molecular complexity index is 478. The summed E-state index contributed by atoms with van der Waals surface area (Å²) in [6.45, 7) is 4.92.